The number of aromatic nitrogens is 1. The lowest BCUT2D eigenvalue weighted by molar-refractivity contribution is -0.146. The van der Waals surface area contributed by atoms with Crippen molar-refractivity contribution in [3.63, 3.8) is 0 Å². The summed E-state index contributed by atoms with van der Waals surface area (Å²) in [5, 5.41) is 19.7. The Morgan fingerprint density at radius 2 is 1.69 bits per heavy atom. The second-order valence-corrected chi connectivity index (χ2v) is 9.54. The maximum Gasteiger partial charge on any atom is 0.306 e. The molecule has 6 heteroatoms. The second-order valence-electron chi connectivity index (χ2n) is 9.54. The minimum atomic E-state index is -1.32. The highest BCUT2D eigenvalue weighted by Crippen LogP contribution is 2.28. The third-order valence-electron chi connectivity index (χ3n) is 6.53. The Bertz CT molecular complexity index is 1310. The van der Waals surface area contributed by atoms with Crippen LogP contribution in [0.4, 0.5) is 0 Å². The number of aliphatic hydroxyl groups excluding tert-OH is 2. The molecule has 36 heavy (non-hydrogen) atoms. The molecule has 188 valence electrons. The van der Waals surface area contributed by atoms with Gasteiger partial charge in [0.1, 0.15) is 6.61 Å². The van der Waals surface area contributed by atoms with Crippen molar-refractivity contribution in [2.45, 2.75) is 38.1 Å². The predicted octanol–water partition coefficient (Wildman–Crippen LogP) is 3.88. The van der Waals surface area contributed by atoms with Gasteiger partial charge in [-0.1, -0.05) is 48.5 Å². The minimum absolute atomic E-state index is 0.191. The molecule has 0 aliphatic carbocycles. The number of nitrogens with two attached hydrogens (primary N) is 1. The molecule has 4 aromatic rings. The molecule has 0 atom stereocenters. The number of benzene rings is 3. The average molecular weight is 487 g/mol. The summed E-state index contributed by atoms with van der Waals surface area (Å²) in [4.78, 5) is 12.3. The van der Waals surface area contributed by atoms with Gasteiger partial charge >= 0.3 is 5.97 Å². The number of ether oxygens (including phenoxy) is 1. The molecule has 0 aliphatic rings. The molecule has 3 aromatic carbocycles. The fraction of sp³-hybridized carbons (Fsp3) is 0.300. The fourth-order valence-corrected chi connectivity index (χ4v) is 4.30. The van der Waals surface area contributed by atoms with Gasteiger partial charge in [-0.2, -0.15) is 0 Å². The summed E-state index contributed by atoms with van der Waals surface area (Å²) in [7, 11) is 0. The molecule has 0 amide bonds. The average Bonchev–Trinajstić information content (AvgIpc) is 3.28. The zero-order chi connectivity index (χ0) is 25.5. The molecule has 0 bridgehead atoms. The van der Waals surface area contributed by atoms with Crippen molar-refractivity contribution in [1.82, 2.24) is 4.57 Å². The van der Waals surface area contributed by atoms with Gasteiger partial charge in [0.25, 0.3) is 0 Å². The number of aliphatic hydroxyl groups is 2. The summed E-state index contributed by atoms with van der Waals surface area (Å²) in [6, 6.07) is 25.3. The maximum atomic E-state index is 12.3. The Hall–Kier alpha value is -3.45. The van der Waals surface area contributed by atoms with Crippen LogP contribution >= 0.6 is 0 Å². The Balaban J connectivity index is 1.55. The molecular formula is C30H34N2O4. The van der Waals surface area contributed by atoms with E-state index in [1.165, 1.54) is 22.1 Å². The maximum absolute atomic E-state index is 12.3. The van der Waals surface area contributed by atoms with Crippen LogP contribution in [-0.2, 0) is 28.8 Å². The third-order valence-corrected chi connectivity index (χ3v) is 6.53. The summed E-state index contributed by atoms with van der Waals surface area (Å²) < 4.78 is 7.44. The minimum Gasteiger partial charge on any atom is -0.464 e. The monoisotopic (exact) mass is 486 g/mol. The van der Waals surface area contributed by atoms with E-state index < -0.39 is 24.7 Å². The molecule has 0 aliphatic heterocycles. The van der Waals surface area contributed by atoms with Crippen LogP contribution in [0.25, 0.3) is 16.6 Å². The zero-order valence-corrected chi connectivity index (χ0v) is 20.7. The molecule has 0 saturated carbocycles. The highest BCUT2D eigenvalue weighted by molar-refractivity contribution is 5.86. The van der Waals surface area contributed by atoms with E-state index in [1.54, 1.807) is 0 Å². The van der Waals surface area contributed by atoms with E-state index in [9.17, 15) is 15.0 Å². The summed E-state index contributed by atoms with van der Waals surface area (Å²) in [6.07, 6.45) is 4.80. The largest absolute Gasteiger partial charge is 0.464 e. The predicted molar refractivity (Wildman–Crippen MR) is 142 cm³/mol. The van der Waals surface area contributed by atoms with Crippen molar-refractivity contribution in [3.8, 4) is 5.69 Å². The lowest BCUT2D eigenvalue weighted by Crippen LogP contribution is -2.51. The first-order chi connectivity index (χ1) is 17.4. The third kappa shape index (κ3) is 6.21. The topological polar surface area (TPSA) is 97.7 Å². The van der Waals surface area contributed by atoms with E-state index in [4.69, 9.17) is 10.5 Å². The molecule has 6 nitrogen and oxygen atoms in total. The molecule has 1 aromatic heterocycles. The number of fused-ring (bicyclic) bond motifs is 1. The van der Waals surface area contributed by atoms with Gasteiger partial charge in [0.05, 0.1) is 24.3 Å². The normalized spacial score (nSPS) is 11.7. The van der Waals surface area contributed by atoms with Gasteiger partial charge in [0.15, 0.2) is 0 Å². The SMILES string of the molecule is Cc1cccc(-n2cc(CCc3ccccc3)c3cc(CCC(=O)OCC(N)(CO)CO)ccc32)c1. The van der Waals surface area contributed by atoms with E-state index in [0.29, 0.717) is 6.42 Å². The Labute approximate surface area is 211 Å². The number of aryl methyl sites for hydroxylation is 4. The van der Waals surface area contributed by atoms with Crippen LogP contribution in [0.5, 0.6) is 0 Å². The summed E-state index contributed by atoms with van der Waals surface area (Å²) in [5.74, 6) is -0.409. The molecule has 4 N–H and O–H groups in total. The Kier molecular flexibility index (Phi) is 8.21. The number of hydrogen-bond acceptors (Lipinski definition) is 5. The van der Waals surface area contributed by atoms with Gasteiger partial charge in [0.2, 0.25) is 0 Å². The van der Waals surface area contributed by atoms with Crippen molar-refractivity contribution in [3.05, 3.63) is 101 Å². The van der Waals surface area contributed by atoms with Crippen LogP contribution in [0.15, 0.2) is 79.0 Å². The van der Waals surface area contributed by atoms with Gasteiger partial charge in [-0.15, -0.1) is 0 Å². The smallest absolute Gasteiger partial charge is 0.306 e. The van der Waals surface area contributed by atoms with Crippen LogP contribution in [0.1, 0.15) is 28.7 Å². The molecule has 4 rings (SSSR count). The number of esters is 1. The van der Waals surface area contributed by atoms with Gasteiger partial charge in [-0.3, -0.25) is 4.79 Å². The van der Waals surface area contributed by atoms with Crippen LogP contribution in [0, 0.1) is 6.92 Å². The van der Waals surface area contributed by atoms with E-state index in [-0.39, 0.29) is 13.0 Å². The van der Waals surface area contributed by atoms with Crippen LogP contribution in [0.3, 0.4) is 0 Å². The first-order valence-electron chi connectivity index (χ1n) is 12.3. The van der Waals surface area contributed by atoms with Gasteiger partial charge in [-0.25, -0.2) is 0 Å². The summed E-state index contributed by atoms with van der Waals surface area (Å²) >= 11 is 0. The van der Waals surface area contributed by atoms with E-state index in [0.717, 1.165) is 29.6 Å². The molecule has 0 saturated heterocycles. The van der Waals surface area contributed by atoms with Gasteiger partial charge < -0.3 is 25.3 Å². The van der Waals surface area contributed by atoms with Crippen molar-refractivity contribution in [2.75, 3.05) is 19.8 Å². The molecule has 0 spiro atoms. The standard InChI is InChI=1S/C30H34N2O4/c1-22-6-5-9-26(16-22)32-18-25(13-10-23-7-3-2-4-8-23)27-17-24(11-14-28(27)32)12-15-29(35)36-21-30(31,19-33)20-34/h2-9,11,14,16-18,33-34H,10,12-13,15,19-21,31H2,1H3. The van der Waals surface area contributed by atoms with Crippen molar-refractivity contribution in [1.29, 1.82) is 0 Å². The highest BCUT2D eigenvalue weighted by Gasteiger charge is 2.25. The molecule has 1 heterocycles. The molecule has 0 fully saturated rings. The van der Waals surface area contributed by atoms with E-state index >= 15 is 0 Å². The molecule has 0 radical (unpaired) electrons. The van der Waals surface area contributed by atoms with Crippen molar-refractivity contribution in [2.24, 2.45) is 5.73 Å². The fourth-order valence-electron chi connectivity index (χ4n) is 4.30. The Morgan fingerprint density at radius 3 is 2.42 bits per heavy atom. The number of nitrogens with zero attached hydrogens (tertiary/aromatic N) is 1. The summed E-state index contributed by atoms with van der Waals surface area (Å²) in [6.45, 7) is 0.952. The number of carbonyl (C=O) groups is 1. The van der Waals surface area contributed by atoms with Crippen LogP contribution in [0.2, 0.25) is 0 Å². The Morgan fingerprint density at radius 1 is 0.917 bits per heavy atom. The van der Waals surface area contributed by atoms with Crippen LogP contribution < -0.4 is 5.73 Å². The quantitative estimate of drug-likeness (QED) is 0.280. The van der Waals surface area contributed by atoms with E-state index in [2.05, 4.69) is 84.4 Å². The summed E-state index contributed by atoms with van der Waals surface area (Å²) in [5.41, 5.74) is 11.5. The molecule has 0 unspecified atom stereocenters. The van der Waals surface area contributed by atoms with Crippen molar-refractivity contribution >= 4 is 16.9 Å². The van der Waals surface area contributed by atoms with Gasteiger partial charge in [0, 0.05) is 23.7 Å². The van der Waals surface area contributed by atoms with Gasteiger partial charge in [-0.05, 0) is 72.7 Å². The lowest BCUT2D eigenvalue weighted by Gasteiger charge is -2.23. The first-order valence-corrected chi connectivity index (χ1v) is 12.3. The second kappa shape index (κ2) is 11.5. The van der Waals surface area contributed by atoms with Crippen LogP contribution in [-0.4, -0.2) is 46.1 Å². The first kappa shape index (κ1) is 25.6. The number of rotatable bonds is 11. The zero-order valence-electron chi connectivity index (χ0n) is 20.7. The van der Waals surface area contributed by atoms with Crippen molar-refractivity contribution < 1.29 is 19.7 Å². The number of hydrogen-bond donors (Lipinski definition) is 3. The lowest BCUT2D eigenvalue weighted by atomic mass is 10.0. The molecular weight excluding hydrogens is 452 g/mol. The highest BCUT2D eigenvalue weighted by atomic mass is 16.5. The number of carbonyl (C=O) groups excluding carboxylic acids is 1. The van der Waals surface area contributed by atoms with E-state index in [1.807, 2.05) is 6.07 Å².